The zero-order chi connectivity index (χ0) is 34.5. The van der Waals surface area contributed by atoms with Crippen molar-refractivity contribution in [2.75, 3.05) is 13.2 Å². The first-order valence-corrected chi connectivity index (χ1v) is 18.5. The molecule has 0 spiro atoms. The molecule has 0 radical (unpaired) electrons. The number of ether oxygens (including phenoxy) is 2. The van der Waals surface area contributed by atoms with Crippen molar-refractivity contribution in [2.24, 2.45) is 5.92 Å². The first-order chi connectivity index (χ1) is 21.9. The summed E-state index contributed by atoms with van der Waals surface area (Å²) in [7, 11) is -4.81. The number of allylic oxidation sites excluding steroid dienone is 7. The van der Waals surface area contributed by atoms with Gasteiger partial charge in [-0.2, -0.15) is 0 Å². The predicted octanol–water partition coefficient (Wildman–Crippen LogP) is 7.41. The van der Waals surface area contributed by atoms with Crippen LogP contribution in [0.25, 0.3) is 0 Å². The maximum atomic E-state index is 12.3. The van der Waals surface area contributed by atoms with Crippen LogP contribution in [0, 0.1) is 5.92 Å². The van der Waals surface area contributed by atoms with Gasteiger partial charge in [0.1, 0.15) is 6.61 Å². The molecule has 0 aromatic heterocycles. The van der Waals surface area contributed by atoms with Gasteiger partial charge in [0.05, 0.1) is 18.8 Å². The van der Waals surface area contributed by atoms with E-state index < -0.39 is 51.3 Å². The van der Waals surface area contributed by atoms with E-state index in [0.717, 1.165) is 44.9 Å². The monoisotopic (exact) mass is 672 g/mol. The number of hydrogen-bond acceptors (Lipinski definition) is 8. The van der Waals surface area contributed by atoms with Crippen LogP contribution in [0.3, 0.4) is 0 Å². The first kappa shape index (κ1) is 43.9. The molecule has 0 bridgehead atoms. The molecule has 0 unspecified atom stereocenters. The minimum absolute atomic E-state index is 0.0507. The average Bonchev–Trinajstić information content (AvgIpc) is 2.99. The highest BCUT2D eigenvalue weighted by atomic mass is 31.2. The van der Waals surface area contributed by atoms with E-state index >= 15 is 0 Å². The zero-order valence-corrected chi connectivity index (χ0v) is 29.2. The molecule has 0 amide bonds. The average molecular weight is 673 g/mol. The second-order valence-electron chi connectivity index (χ2n) is 11.9. The molecule has 0 saturated carbocycles. The maximum Gasteiger partial charge on any atom is 0.469 e. The molecule has 0 aliphatic carbocycles. The summed E-state index contributed by atoms with van der Waals surface area (Å²) < 4.78 is 26.0. The van der Waals surface area contributed by atoms with Crippen LogP contribution in [0.5, 0.6) is 0 Å². The summed E-state index contributed by atoms with van der Waals surface area (Å²) in [6.45, 7) is 5.48. The summed E-state index contributed by atoms with van der Waals surface area (Å²) >= 11 is 0. The molecule has 3 atom stereocenters. The van der Waals surface area contributed by atoms with E-state index in [9.17, 15) is 24.4 Å². The van der Waals surface area contributed by atoms with E-state index in [1.54, 1.807) is 0 Å². The van der Waals surface area contributed by atoms with Crippen molar-refractivity contribution in [1.82, 2.24) is 0 Å². The number of carbonyl (C=O) groups is 2. The molecular formula is C35H61O10P. The molecule has 0 heterocycles. The van der Waals surface area contributed by atoms with Crippen LogP contribution in [0.1, 0.15) is 124 Å². The fourth-order valence-electron chi connectivity index (χ4n) is 4.35. The largest absolute Gasteiger partial charge is 0.469 e. The van der Waals surface area contributed by atoms with E-state index in [-0.39, 0.29) is 32.1 Å². The molecule has 0 aliphatic heterocycles. The normalized spacial score (nSPS) is 14.6. The molecule has 0 aromatic rings. The molecular weight excluding hydrogens is 611 g/mol. The highest BCUT2D eigenvalue weighted by Crippen LogP contribution is 2.36. The van der Waals surface area contributed by atoms with Crippen LogP contribution in [-0.4, -0.2) is 63.5 Å². The van der Waals surface area contributed by atoms with Gasteiger partial charge in [0.2, 0.25) is 0 Å². The number of aliphatic hydroxyl groups is 2. The summed E-state index contributed by atoms with van der Waals surface area (Å²) in [5.74, 6) is -0.480. The van der Waals surface area contributed by atoms with E-state index in [1.807, 2.05) is 18.2 Å². The molecule has 0 aromatic carbocycles. The summed E-state index contributed by atoms with van der Waals surface area (Å²) in [4.78, 5) is 42.5. The van der Waals surface area contributed by atoms with Crippen LogP contribution in [0.2, 0.25) is 0 Å². The van der Waals surface area contributed by atoms with E-state index in [4.69, 9.17) is 19.3 Å². The van der Waals surface area contributed by atoms with E-state index in [2.05, 4.69) is 55.7 Å². The number of unbranched alkanes of at least 4 members (excludes halogenated alkanes) is 5. The Morgan fingerprint density at radius 1 is 0.674 bits per heavy atom. The molecule has 4 N–H and O–H groups in total. The topological polar surface area (TPSA) is 160 Å². The highest BCUT2D eigenvalue weighted by Gasteiger charge is 2.23. The lowest BCUT2D eigenvalue weighted by Gasteiger charge is -2.19. The van der Waals surface area contributed by atoms with Crippen molar-refractivity contribution < 1.29 is 48.2 Å². The zero-order valence-electron chi connectivity index (χ0n) is 28.3. The Kier molecular flexibility index (Phi) is 27.8. The Balaban J connectivity index is 4.30. The van der Waals surface area contributed by atoms with Gasteiger partial charge >= 0.3 is 19.8 Å². The van der Waals surface area contributed by atoms with Crippen molar-refractivity contribution in [3.63, 3.8) is 0 Å². The third-order valence-corrected chi connectivity index (χ3v) is 7.48. The van der Waals surface area contributed by atoms with E-state index in [0.29, 0.717) is 12.3 Å². The van der Waals surface area contributed by atoms with Crippen molar-refractivity contribution >= 4 is 19.8 Å². The van der Waals surface area contributed by atoms with Gasteiger partial charge in [0, 0.05) is 12.8 Å². The van der Waals surface area contributed by atoms with Gasteiger partial charge in [-0.25, -0.2) is 4.57 Å². The molecule has 46 heavy (non-hydrogen) atoms. The Morgan fingerprint density at radius 2 is 1.22 bits per heavy atom. The van der Waals surface area contributed by atoms with Gasteiger partial charge < -0.3 is 29.5 Å². The number of carbonyl (C=O) groups excluding carboxylic acids is 2. The third-order valence-electron chi connectivity index (χ3n) is 6.99. The van der Waals surface area contributed by atoms with Gasteiger partial charge in [-0.1, -0.05) is 108 Å². The van der Waals surface area contributed by atoms with Crippen LogP contribution in [-0.2, 0) is 28.2 Å². The molecule has 0 aliphatic rings. The van der Waals surface area contributed by atoms with Gasteiger partial charge in [-0.05, 0) is 57.3 Å². The SMILES string of the molecule is CC/C=C\C/C=C\C/C=C\C/C=C\C[C@H](O)[C@@H](O)CCCC(=O)OC[C@H](COP(=O)(O)O)OC(=O)CCCCCCCCC(C)C. The van der Waals surface area contributed by atoms with E-state index in [1.165, 1.54) is 19.3 Å². The van der Waals surface area contributed by atoms with Gasteiger partial charge in [-0.15, -0.1) is 0 Å². The molecule has 0 saturated heterocycles. The Labute approximate surface area is 277 Å². The fourth-order valence-corrected chi connectivity index (χ4v) is 4.71. The Hall–Kier alpha value is -2.07. The number of hydrogen-bond donors (Lipinski definition) is 4. The summed E-state index contributed by atoms with van der Waals surface area (Å²) in [6, 6.07) is 0. The van der Waals surface area contributed by atoms with Crippen LogP contribution < -0.4 is 0 Å². The van der Waals surface area contributed by atoms with Crippen molar-refractivity contribution in [3.8, 4) is 0 Å². The summed E-state index contributed by atoms with van der Waals surface area (Å²) in [6.07, 6.45) is 24.8. The van der Waals surface area contributed by atoms with Gasteiger partial charge in [0.25, 0.3) is 0 Å². The molecule has 266 valence electrons. The quantitative estimate of drug-likeness (QED) is 0.0273. The van der Waals surface area contributed by atoms with Crippen molar-refractivity contribution in [1.29, 1.82) is 0 Å². The van der Waals surface area contributed by atoms with Crippen LogP contribution >= 0.6 is 7.82 Å². The predicted molar refractivity (Wildman–Crippen MR) is 182 cm³/mol. The second kappa shape index (κ2) is 29.1. The van der Waals surface area contributed by atoms with Crippen LogP contribution in [0.4, 0.5) is 0 Å². The maximum absolute atomic E-state index is 12.3. The smallest absolute Gasteiger partial charge is 0.462 e. The Bertz CT molecular complexity index is 938. The summed E-state index contributed by atoms with van der Waals surface area (Å²) in [5.41, 5.74) is 0. The number of esters is 2. The number of phosphoric acid groups is 1. The standard InChI is InChI=1S/C35H61O10P/c1-4-5-6-7-8-9-10-11-12-13-17-20-24-32(36)33(37)25-22-27-34(38)43-28-31(29-44-46(40,41)42)45-35(39)26-21-18-15-14-16-19-23-30(2)3/h5-6,8-9,11-12,17,20,30-33,36-37H,4,7,10,13-16,18-19,21-29H2,1-3H3,(H2,40,41,42)/b6-5-,9-8-,12-11-,20-17-/t31-,32+,33+/m1/s1. The number of phosphoric ester groups is 1. The van der Waals surface area contributed by atoms with Crippen molar-refractivity contribution in [2.45, 2.75) is 142 Å². The lowest BCUT2D eigenvalue weighted by Crippen LogP contribution is -2.29. The molecule has 0 fully saturated rings. The lowest BCUT2D eigenvalue weighted by molar-refractivity contribution is -0.161. The van der Waals surface area contributed by atoms with Gasteiger partial charge in [-0.3, -0.25) is 14.1 Å². The second-order valence-corrected chi connectivity index (χ2v) is 13.1. The van der Waals surface area contributed by atoms with Gasteiger partial charge in [0.15, 0.2) is 6.10 Å². The molecule has 0 rings (SSSR count). The minimum atomic E-state index is -4.81. The lowest BCUT2D eigenvalue weighted by atomic mass is 10.0. The molecule has 10 nitrogen and oxygen atoms in total. The first-order valence-electron chi connectivity index (χ1n) is 17.0. The minimum Gasteiger partial charge on any atom is -0.462 e. The fraction of sp³-hybridized carbons (Fsp3) is 0.714. The highest BCUT2D eigenvalue weighted by molar-refractivity contribution is 7.46. The Morgan fingerprint density at radius 3 is 1.80 bits per heavy atom. The third kappa shape index (κ3) is 30.6. The molecule has 11 heteroatoms. The number of aliphatic hydroxyl groups excluding tert-OH is 2. The van der Waals surface area contributed by atoms with Crippen LogP contribution in [0.15, 0.2) is 48.6 Å². The summed E-state index contributed by atoms with van der Waals surface area (Å²) in [5, 5.41) is 20.4. The number of rotatable bonds is 29. The van der Waals surface area contributed by atoms with Crippen molar-refractivity contribution in [3.05, 3.63) is 48.6 Å².